The molecule has 0 aromatic carbocycles. The number of rotatable bonds is 5. The first-order valence-electron chi connectivity index (χ1n) is 11.7. The van der Waals surface area contributed by atoms with Gasteiger partial charge >= 0.3 is 6.03 Å². The second-order valence-corrected chi connectivity index (χ2v) is 9.02. The smallest absolute Gasteiger partial charge is 0.317 e. The Kier molecular flexibility index (Phi) is 7.20. The Bertz CT molecular complexity index is 699. The Morgan fingerprint density at radius 3 is 2.53 bits per heavy atom. The number of urea groups is 1. The number of pyridine rings is 1. The van der Waals surface area contributed by atoms with Crippen molar-refractivity contribution in [2.75, 3.05) is 26.2 Å². The van der Waals surface area contributed by atoms with Crippen molar-refractivity contribution in [3.63, 3.8) is 0 Å². The van der Waals surface area contributed by atoms with E-state index < -0.39 is 0 Å². The molecule has 3 heterocycles. The topological polar surface area (TPSA) is 77.6 Å². The lowest BCUT2D eigenvalue weighted by molar-refractivity contribution is -0.127. The third kappa shape index (κ3) is 5.50. The summed E-state index contributed by atoms with van der Waals surface area (Å²) in [5, 5.41) is 6.27. The van der Waals surface area contributed by atoms with Gasteiger partial charge in [-0.3, -0.25) is 14.7 Å². The van der Waals surface area contributed by atoms with Crippen molar-refractivity contribution in [2.24, 2.45) is 5.92 Å². The van der Waals surface area contributed by atoms with Crippen LogP contribution in [0.5, 0.6) is 0 Å². The minimum absolute atomic E-state index is 0.0474. The number of aromatic nitrogens is 1. The van der Waals surface area contributed by atoms with Gasteiger partial charge in [0.25, 0.3) is 0 Å². The van der Waals surface area contributed by atoms with Crippen LogP contribution >= 0.6 is 0 Å². The van der Waals surface area contributed by atoms with E-state index in [2.05, 4.69) is 20.5 Å². The van der Waals surface area contributed by atoms with Crippen LogP contribution in [-0.4, -0.2) is 65.0 Å². The lowest BCUT2D eigenvalue weighted by Crippen LogP contribution is -2.53. The SMILES string of the molecule is O=C(NCc1ccccn1)[C@H]1CCCN(C2CCN(C(=O)NC3CCCC3)CC2)C1. The highest BCUT2D eigenvalue weighted by atomic mass is 16.2. The average Bonchev–Trinajstić information content (AvgIpc) is 3.31. The Balaban J connectivity index is 1.21. The van der Waals surface area contributed by atoms with Gasteiger partial charge in [0.15, 0.2) is 0 Å². The number of likely N-dealkylation sites (tertiary alicyclic amines) is 2. The highest BCUT2D eigenvalue weighted by molar-refractivity contribution is 5.79. The normalized spacial score (nSPS) is 24.0. The Hall–Kier alpha value is -2.15. The lowest BCUT2D eigenvalue weighted by Gasteiger charge is -2.42. The third-order valence-electron chi connectivity index (χ3n) is 6.94. The van der Waals surface area contributed by atoms with Gasteiger partial charge in [-0.25, -0.2) is 4.79 Å². The fourth-order valence-electron chi connectivity index (χ4n) is 5.15. The summed E-state index contributed by atoms with van der Waals surface area (Å²) in [5.41, 5.74) is 0.891. The summed E-state index contributed by atoms with van der Waals surface area (Å²) >= 11 is 0. The lowest BCUT2D eigenvalue weighted by atomic mass is 9.93. The molecular formula is C23H35N5O2. The quantitative estimate of drug-likeness (QED) is 0.778. The van der Waals surface area contributed by atoms with E-state index in [0.717, 1.165) is 70.4 Å². The van der Waals surface area contributed by atoms with Crippen molar-refractivity contribution in [1.29, 1.82) is 0 Å². The molecular weight excluding hydrogens is 378 g/mol. The zero-order valence-electron chi connectivity index (χ0n) is 17.9. The molecule has 1 atom stereocenters. The fourth-order valence-corrected chi connectivity index (χ4v) is 5.15. The molecule has 3 aliphatic rings. The first-order valence-corrected chi connectivity index (χ1v) is 11.7. The molecule has 0 spiro atoms. The Morgan fingerprint density at radius 1 is 1.00 bits per heavy atom. The zero-order chi connectivity index (χ0) is 20.8. The molecule has 0 unspecified atom stereocenters. The maximum absolute atomic E-state index is 12.7. The molecule has 3 fully saturated rings. The zero-order valence-corrected chi connectivity index (χ0v) is 17.9. The first-order chi connectivity index (χ1) is 14.7. The largest absolute Gasteiger partial charge is 0.350 e. The van der Waals surface area contributed by atoms with Gasteiger partial charge in [-0.15, -0.1) is 0 Å². The van der Waals surface area contributed by atoms with Crippen molar-refractivity contribution in [2.45, 2.75) is 70.0 Å². The second kappa shape index (κ2) is 10.2. The van der Waals surface area contributed by atoms with Gasteiger partial charge in [-0.1, -0.05) is 18.9 Å². The van der Waals surface area contributed by atoms with Crippen molar-refractivity contribution >= 4 is 11.9 Å². The molecule has 7 nitrogen and oxygen atoms in total. The standard InChI is InChI=1S/C23H35N5O2/c29-22(25-16-20-9-3-4-12-24-20)18-6-5-13-28(17-18)21-10-14-27(15-11-21)23(30)26-19-7-1-2-8-19/h3-4,9,12,18-19,21H,1-2,5-8,10-11,13-17H2,(H,25,29)(H,26,30)/t18-/m0/s1. The molecule has 164 valence electrons. The van der Waals surface area contributed by atoms with E-state index in [1.54, 1.807) is 6.20 Å². The highest BCUT2D eigenvalue weighted by Crippen LogP contribution is 2.25. The van der Waals surface area contributed by atoms with Crippen LogP contribution < -0.4 is 10.6 Å². The van der Waals surface area contributed by atoms with E-state index in [9.17, 15) is 9.59 Å². The Labute approximate surface area is 179 Å². The molecule has 0 bridgehead atoms. The van der Waals surface area contributed by atoms with Gasteiger partial charge in [0, 0.05) is 37.9 Å². The van der Waals surface area contributed by atoms with Crippen molar-refractivity contribution in [3.8, 4) is 0 Å². The number of carbonyl (C=O) groups is 2. The predicted octanol–water partition coefficient (Wildman–Crippen LogP) is 2.53. The Morgan fingerprint density at radius 2 is 1.80 bits per heavy atom. The first kappa shape index (κ1) is 21.1. The van der Waals surface area contributed by atoms with E-state index in [0.29, 0.717) is 18.6 Å². The van der Waals surface area contributed by atoms with Crippen LogP contribution in [0.3, 0.4) is 0 Å². The molecule has 2 N–H and O–H groups in total. The summed E-state index contributed by atoms with van der Waals surface area (Å²) in [7, 11) is 0. The molecule has 1 saturated carbocycles. The van der Waals surface area contributed by atoms with E-state index in [1.807, 2.05) is 23.1 Å². The number of amides is 3. The number of hydrogen-bond donors (Lipinski definition) is 2. The minimum atomic E-state index is 0.0474. The fraction of sp³-hybridized carbons (Fsp3) is 0.696. The predicted molar refractivity (Wildman–Crippen MR) is 116 cm³/mol. The molecule has 3 amide bonds. The monoisotopic (exact) mass is 413 g/mol. The molecule has 7 heteroatoms. The van der Waals surface area contributed by atoms with Crippen molar-refractivity contribution in [1.82, 2.24) is 25.4 Å². The molecule has 1 aromatic heterocycles. The molecule has 4 rings (SSSR count). The van der Waals surface area contributed by atoms with Crippen LogP contribution in [0, 0.1) is 5.92 Å². The molecule has 30 heavy (non-hydrogen) atoms. The van der Waals surface area contributed by atoms with E-state index >= 15 is 0 Å². The van der Waals surface area contributed by atoms with Gasteiger partial charge in [0.05, 0.1) is 18.2 Å². The summed E-state index contributed by atoms with van der Waals surface area (Å²) < 4.78 is 0. The molecule has 1 aromatic rings. The highest BCUT2D eigenvalue weighted by Gasteiger charge is 2.33. The van der Waals surface area contributed by atoms with E-state index in [4.69, 9.17) is 0 Å². The number of nitrogens with one attached hydrogen (secondary N) is 2. The summed E-state index contributed by atoms with van der Waals surface area (Å²) in [6.07, 6.45) is 10.5. The van der Waals surface area contributed by atoms with Gasteiger partial charge in [0.2, 0.25) is 5.91 Å². The summed E-state index contributed by atoms with van der Waals surface area (Å²) in [6.45, 7) is 4.01. The van der Waals surface area contributed by atoms with Crippen molar-refractivity contribution < 1.29 is 9.59 Å². The summed E-state index contributed by atoms with van der Waals surface area (Å²) in [5.74, 6) is 0.185. The summed E-state index contributed by atoms with van der Waals surface area (Å²) in [6, 6.07) is 6.73. The maximum Gasteiger partial charge on any atom is 0.317 e. The van der Waals surface area contributed by atoms with Gasteiger partial charge < -0.3 is 15.5 Å². The molecule has 0 radical (unpaired) electrons. The van der Waals surface area contributed by atoms with Crippen LogP contribution in [0.25, 0.3) is 0 Å². The van der Waals surface area contributed by atoms with Crippen LogP contribution in [-0.2, 0) is 11.3 Å². The number of carbonyl (C=O) groups excluding carboxylic acids is 2. The number of hydrogen-bond acceptors (Lipinski definition) is 4. The average molecular weight is 414 g/mol. The van der Waals surface area contributed by atoms with Crippen LogP contribution in [0.15, 0.2) is 24.4 Å². The van der Waals surface area contributed by atoms with E-state index in [1.165, 1.54) is 12.8 Å². The van der Waals surface area contributed by atoms with Crippen LogP contribution in [0.2, 0.25) is 0 Å². The van der Waals surface area contributed by atoms with E-state index in [-0.39, 0.29) is 17.9 Å². The minimum Gasteiger partial charge on any atom is -0.350 e. The van der Waals surface area contributed by atoms with Crippen LogP contribution in [0.4, 0.5) is 4.79 Å². The second-order valence-electron chi connectivity index (χ2n) is 9.02. The van der Waals surface area contributed by atoms with Gasteiger partial charge in [-0.2, -0.15) is 0 Å². The number of piperidine rings is 2. The van der Waals surface area contributed by atoms with Crippen molar-refractivity contribution in [3.05, 3.63) is 30.1 Å². The summed E-state index contributed by atoms with van der Waals surface area (Å²) in [4.78, 5) is 33.9. The maximum atomic E-state index is 12.7. The number of nitrogens with zero attached hydrogens (tertiary/aromatic N) is 3. The van der Waals surface area contributed by atoms with Crippen LogP contribution in [0.1, 0.15) is 57.1 Å². The van der Waals surface area contributed by atoms with Gasteiger partial charge in [0.1, 0.15) is 0 Å². The molecule has 2 saturated heterocycles. The molecule has 2 aliphatic heterocycles. The van der Waals surface area contributed by atoms with Gasteiger partial charge in [-0.05, 0) is 57.2 Å². The molecule has 1 aliphatic carbocycles. The third-order valence-corrected chi connectivity index (χ3v) is 6.94.